The number of aromatic carboxylic acids is 1. The van der Waals surface area contributed by atoms with Crippen LogP contribution in [0.4, 0.5) is 0 Å². The Morgan fingerprint density at radius 3 is 2.72 bits per heavy atom. The summed E-state index contributed by atoms with van der Waals surface area (Å²) < 4.78 is 6.23. The fourth-order valence-electron chi connectivity index (χ4n) is 1.65. The fourth-order valence-corrected chi connectivity index (χ4v) is 2.60. The second kappa shape index (κ2) is 4.67. The number of hydrogen-bond acceptors (Lipinski definition) is 4. The molecular formula is C13H11NO3S. The van der Waals surface area contributed by atoms with Crippen molar-refractivity contribution in [2.75, 3.05) is 0 Å². The van der Waals surface area contributed by atoms with Crippen molar-refractivity contribution in [2.45, 2.75) is 20.0 Å². The summed E-state index contributed by atoms with van der Waals surface area (Å²) in [6.07, 6.45) is 0.00609. The molecule has 0 bridgehead atoms. The molecular weight excluding hydrogens is 250 g/mol. The SMILES string of the molecule is CC(C)Oc1cc(C#N)c2sc(C(=O)O)cc2c1. The molecule has 1 N–H and O–H groups in total. The summed E-state index contributed by atoms with van der Waals surface area (Å²) in [6.45, 7) is 3.79. The zero-order valence-corrected chi connectivity index (χ0v) is 10.7. The number of carboxylic acid groups (broad SMARTS) is 1. The van der Waals surface area contributed by atoms with Crippen molar-refractivity contribution < 1.29 is 14.6 Å². The van der Waals surface area contributed by atoms with Gasteiger partial charge in [-0.2, -0.15) is 5.26 Å². The lowest BCUT2D eigenvalue weighted by Gasteiger charge is -2.09. The summed E-state index contributed by atoms with van der Waals surface area (Å²) in [4.78, 5) is 11.2. The largest absolute Gasteiger partial charge is 0.491 e. The fraction of sp³-hybridized carbons (Fsp3) is 0.231. The summed E-state index contributed by atoms with van der Waals surface area (Å²) in [7, 11) is 0. The number of ether oxygens (including phenoxy) is 1. The number of hydrogen-bond donors (Lipinski definition) is 1. The van der Waals surface area contributed by atoms with E-state index in [0.29, 0.717) is 16.0 Å². The molecule has 1 aromatic carbocycles. The first-order chi connectivity index (χ1) is 8.51. The van der Waals surface area contributed by atoms with Gasteiger partial charge in [-0.1, -0.05) is 0 Å². The smallest absolute Gasteiger partial charge is 0.345 e. The minimum Gasteiger partial charge on any atom is -0.491 e. The van der Waals surface area contributed by atoms with Crippen molar-refractivity contribution in [1.29, 1.82) is 5.26 Å². The van der Waals surface area contributed by atoms with Crippen LogP contribution in [-0.4, -0.2) is 17.2 Å². The van der Waals surface area contributed by atoms with E-state index in [4.69, 9.17) is 15.1 Å². The molecule has 0 amide bonds. The molecule has 0 saturated heterocycles. The molecule has 0 aliphatic rings. The molecule has 1 aromatic heterocycles. The topological polar surface area (TPSA) is 70.3 Å². The van der Waals surface area contributed by atoms with Gasteiger partial charge in [0.05, 0.1) is 16.4 Å². The quantitative estimate of drug-likeness (QED) is 0.920. The molecule has 2 rings (SSSR count). The van der Waals surface area contributed by atoms with Crippen LogP contribution in [0.25, 0.3) is 10.1 Å². The van der Waals surface area contributed by atoms with E-state index < -0.39 is 5.97 Å². The first-order valence-corrected chi connectivity index (χ1v) is 6.20. The van der Waals surface area contributed by atoms with Gasteiger partial charge in [-0.05, 0) is 37.4 Å². The first kappa shape index (κ1) is 12.4. The monoisotopic (exact) mass is 261 g/mol. The van der Waals surface area contributed by atoms with Gasteiger partial charge < -0.3 is 9.84 Å². The van der Waals surface area contributed by atoms with Crippen LogP contribution in [0.3, 0.4) is 0 Å². The lowest BCUT2D eigenvalue weighted by molar-refractivity contribution is 0.0702. The molecule has 1 heterocycles. The van der Waals surface area contributed by atoms with Crippen molar-refractivity contribution in [3.8, 4) is 11.8 Å². The van der Waals surface area contributed by atoms with Crippen LogP contribution in [0.5, 0.6) is 5.75 Å². The highest BCUT2D eigenvalue weighted by Gasteiger charge is 2.13. The minimum absolute atomic E-state index is 0.00609. The molecule has 0 aliphatic heterocycles. The average molecular weight is 261 g/mol. The van der Waals surface area contributed by atoms with Crippen molar-refractivity contribution in [3.05, 3.63) is 28.6 Å². The minimum atomic E-state index is -0.980. The Bertz CT molecular complexity index is 652. The summed E-state index contributed by atoms with van der Waals surface area (Å²) in [6, 6.07) is 7.05. The van der Waals surface area contributed by atoms with E-state index in [0.717, 1.165) is 16.7 Å². The highest BCUT2D eigenvalue weighted by molar-refractivity contribution is 7.21. The third-order valence-corrected chi connectivity index (χ3v) is 3.46. The highest BCUT2D eigenvalue weighted by atomic mass is 32.1. The lowest BCUT2D eigenvalue weighted by atomic mass is 10.1. The van der Waals surface area contributed by atoms with Gasteiger partial charge in [0.15, 0.2) is 0 Å². The van der Waals surface area contributed by atoms with Gasteiger partial charge in [-0.25, -0.2) is 4.79 Å². The summed E-state index contributed by atoms with van der Waals surface area (Å²) in [5.41, 5.74) is 0.445. The summed E-state index contributed by atoms with van der Waals surface area (Å²) in [5, 5.41) is 18.8. The van der Waals surface area contributed by atoms with E-state index in [1.807, 2.05) is 13.8 Å². The Hall–Kier alpha value is -2.06. The van der Waals surface area contributed by atoms with Crippen LogP contribution < -0.4 is 4.74 Å². The Labute approximate surface area is 108 Å². The number of nitrogens with zero attached hydrogens (tertiary/aromatic N) is 1. The molecule has 0 unspecified atom stereocenters. The molecule has 0 fully saturated rings. The van der Waals surface area contributed by atoms with Crippen molar-refractivity contribution in [1.82, 2.24) is 0 Å². The van der Waals surface area contributed by atoms with E-state index in [9.17, 15) is 4.79 Å². The Morgan fingerprint density at radius 1 is 1.44 bits per heavy atom. The maximum absolute atomic E-state index is 10.9. The first-order valence-electron chi connectivity index (χ1n) is 5.39. The number of thiophene rings is 1. The number of benzene rings is 1. The molecule has 5 heteroatoms. The maximum atomic E-state index is 10.9. The van der Waals surface area contributed by atoms with Gasteiger partial charge in [0, 0.05) is 0 Å². The standard InChI is InChI=1S/C13H11NO3S/c1-7(2)17-10-3-8-5-11(13(15)16)18-12(8)9(4-10)6-14/h3-5,7H,1-2H3,(H,15,16). The van der Waals surface area contributed by atoms with Crippen LogP contribution in [0, 0.1) is 11.3 Å². The molecule has 4 nitrogen and oxygen atoms in total. The number of carboxylic acids is 1. The summed E-state index contributed by atoms with van der Waals surface area (Å²) >= 11 is 1.11. The molecule has 18 heavy (non-hydrogen) atoms. The van der Waals surface area contributed by atoms with Crippen molar-refractivity contribution in [3.63, 3.8) is 0 Å². The molecule has 0 radical (unpaired) electrons. The van der Waals surface area contributed by atoms with Gasteiger partial charge >= 0.3 is 5.97 Å². The van der Waals surface area contributed by atoms with E-state index >= 15 is 0 Å². The van der Waals surface area contributed by atoms with Crippen LogP contribution in [0.1, 0.15) is 29.1 Å². The van der Waals surface area contributed by atoms with E-state index in [1.54, 1.807) is 18.2 Å². The predicted molar refractivity (Wildman–Crippen MR) is 69.3 cm³/mol. The molecule has 92 valence electrons. The van der Waals surface area contributed by atoms with Crippen LogP contribution in [-0.2, 0) is 0 Å². The number of nitriles is 1. The van der Waals surface area contributed by atoms with Crippen molar-refractivity contribution >= 4 is 27.4 Å². The molecule has 0 saturated carbocycles. The average Bonchev–Trinajstić information content (AvgIpc) is 2.70. The Kier molecular flexibility index (Phi) is 3.21. The van der Waals surface area contributed by atoms with Gasteiger partial charge in [0.2, 0.25) is 0 Å². The molecule has 0 atom stereocenters. The summed E-state index contributed by atoms with van der Waals surface area (Å²) in [5.74, 6) is -0.393. The van der Waals surface area contributed by atoms with E-state index in [2.05, 4.69) is 6.07 Å². The van der Waals surface area contributed by atoms with E-state index in [-0.39, 0.29) is 11.0 Å². The Morgan fingerprint density at radius 2 is 2.17 bits per heavy atom. The van der Waals surface area contributed by atoms with Gasteiger partial charge in [-0.3, -0.25) is 0 Å². The zero-order valence-electron chi connectivity index (χ0n) is 9.93. The second-order valence-electron chi connectivity index (χ2n) is 4.08. The molecule has 0 spiro atoms. The maximum Gasteiger partial charge on any atom is 0.345 e. The number of carbonyl (C=O) groups is 1. The van der Waals surface area contributed by atoms with Gasteiger partial charge in [0.1, 0.15) is 16.7 Å². The predicted octanol–water partition coefficient (Wildman–Crippen LogP) is 3.26. The third-order valence-electron chi connectivity index (χ3n) is 2.29. The van der Waals surface area contributed by atoms with Crippen molar-refractivity contribution in [2.24, 2.45) is 0 Å². The number of fused-ring (bicyclic) bond motifs is 1. The second-order valence-corrected chi connectivity index (χ2v) is 5.14. The van der Waals surface area contributed by atoms with Gasteiger partial charge in [0.25, 0.3) is 0 Å². The van der Waals surface area contributed by atoms with Crippen LogP contribution >= 0.6 is 11.3 Å². The lowest BCUT2D eigenvalue weighted by Crippen LogP contribution is -2.05. The van der Waals surface area contributed by atoms with Crippen LogP contribution in [0.2, 0.25) is 0 Å². The highest BCUT2D eigenvalue weighted by Crippen LogP contribution is 2.32. The Balaban J connectivity index is 2.61. The van der Waals surface area contributed by atoms with Crippen LogP contribution in [0.15, 0.2) is 18.2 Å². The number of rotatable bonds is 3. The van der Waals surface area contributed by atoms with E-state index in [1.165, 1.54) is 0 Å². The van der Waals surface area contributed by atoms with Gasteiger partial charge in [-0.15, -0.1) is 11.3 Å². The normalized spacial score (nSPS) is 10.6. The third kappa shape index (κ3) is 2.29. The molecule has 2 aromatic rings. The zero-order chi connectivity index (χ0) is 13.3. The molecule has 0 aliphatic carbocycles.